The Morgan fingerprint density at radius 3 is 2.35 bits per heavy atom. The van der Waals surface area contributed by atoms with Gasteiger partial charge in [0.15, 0.2) is 0 Å². The van der Waals surface area contributed by atoms with Gasteiger partial charge < -0.3 is 14.5 Å². The molecule has 3 aliphatic rings. The minimum atomic E-state index is -4.75. The van der Waals surface area contributed by atoms with Crippen molar-refractivity contribution in [2.45, 2.75) is 49.5 Å². The molecule has 0 bridgehead atoms. The van der Waals surface area contributed by atoms with Crippen LogP contribution in [-0.2, 0) is 20.7 Å². The largest absolute Gasteiger partial charge is 0.492 e. The molecular weight excluding hydrogens is 453 g/mol. The number of fused-ring (bicyclic) bond motifs is 2. The number of oxime groups is 1. The Balaban J connectivity index is 1.54. The van der Waals surface area contributed by atoms with Gasteiger partial charge in [-0.05, 0) is 53.7 Å². The fraction of sp³-hybridized carbons (Fsp3) is 0.381. The second kappa shape index (κ2) is 7.14. The minimum absolute atomic E-state index is 0.0787. The van der Waals surface area contributed by atoms with E-state index in [1.165, 1.54) is 18.2 Å². The van der Waals surface area contributed by atoms with E-state index in [0.29, 0.717) is 11.0 Å². The van der Waals surface area contributed by atoms with Crippen molar-refractivity contribution < 1.29 is 27.7 Å². The molecule has 1 atom stereocenters. The SMILES string of the molecule is OB1OC2(CCCC2)c2cc(C3=NOC(c4cc(Cl)cc(Cl)c4)(C(F)(F)F)C3)ccc21. The van der Waals surface area contributed by atoms with Crippen LogP contribution in [0.4, 0.5) is 13.2 Å². The van der Waals surface area contributed by atoms with E-state index in [2.05, 4.69) is 5.16 Å². The first-order valence-electron chi connectivity index (χ1n) is 9.93. The first-order chi connectivity index (χ1) is 14.6. The summed E-state index contributed by atoms with van der Waals surface area (Å²) < 4.78 is 48.5. The molecule has 2 aromatic rings. The lowest BCUT2D eigenvalue weighted by Gasteiger charge is -2.29. The maximum atomic E-state index is 14.2. The van der Waals surface area contributed by atoms with Crippen LogP contribution in [0.5, 0.6) is 0 Å². The van der Waals surface area contributed by atoms with E-state index in [4.69, 9.17) is 32.7 Å². The van der Waals surface area contributed by atoms with Crippen LogP contribution in [-0.4, -0.2) is 24.0 Å². The number of alkyl halides is 3. The molecular formula is C21H17BCl2F3NO3. The van der Waals surface area contributed by atoms with Crippen molar-refractivity contribution in [3.8, 4) is 0 Å². The Hall–Kier alpha value is -1.74. The molecule has 10 heteroatoms. The van der Waals surface area contributed by atoms with Crippen LogP contribution < -0.4 is 5.46 Å². The summed E-state index contributed by atoms with van der Waals surface area (Å²) in [5.41, 5.74) is -1.36. The summed E-state index contributed by atoms with van der Waals surface area (Å²) in [5.74, 6) is 0. The standard InChI is InChI=1S/C21H17BCl2F3NO3/c23-14-8-13(9-15(24)10-14)20(21(25,26)27)11-18(28-31-20)12-3-4-17-16(7-12)19(30-22(17)29)5-1-2-6-19/h3-4,7-10,29H,1-2,5-6,11H2. The normalized spacial score (nSPS) is 24.5. The topological polar surface area (TPSA) is 51.0 Å². The smallest absolute Gasteiger partial charge is 0.423 e. The van der Waals surface area contributed by atoms with Gasteiger partial charge in [-0.25, -0.2) is 0 Å². The maximum Gasteiger partial charge on any atom is 0.492 e. The van der Waals surface area contributed by atoms with Gasteiger partial charge in [-0.15, -0.1) is 0 Å². The predicted molar refractivity (Wildman–Crippen MR) is 112 cm³/mol. The van der Waals surface area contributed by atoms with E-state index in [9.17, 15) is 18.2 Å². The molecule has 0 saturated heterocycles. The zero-order chi connectivity index (χ0) is 22.0. The Bertz CT molecular complexity index is 1070. The summed E-state index contributed by atoms with van der Waals surface area (Å²) in [4.78, 5) is 5.09. The van der Waals surface area contributed by atoms with Crippen LogP contribution in [0.15, 0.2) is 41.6 Å². The van der Waals surface area contributed by atoms with Crippen LogP contribution in [0.3, 0.4) is 0 Å². The Labute approximate surface area is 187 Å². The van der Waals surface area contributed by atoms with Gasteiger partial charge in [0, 0.05) is 22.0 Å². The maximum absolute atomic E-state index is 14.2. The van der Waals surface area contributed by atoms with E-state index >= 15 is 0 Å². The molecule has 5 rings (SSSR count). The molecule has 1 N–H and O–H groups in total. The van der Waals surface area contributed by atoms with Gasteiger partial charge in [-0.1, -0.05) is 53.3 Å². The molecule has 1 spiro atoms. The molecule has 0 amide bonds. The summed E-state index contributed by atoms with van der Waals surface area (Å²) in [6.45, 7) is 0. The van der Waals surface area contributed by atoms with Crippen molar-refractivity contribution in [3.63, 3.8) is 0 Å². The fourth-order valence-corrected chi connectivity index (χ4v) is 5.39. The quantitative estimate of drug-likeness (QED) is 0.625. The molecule has 0 radical (unpaired) electrons. The second-order valence-corrected chi connectivity index (χ2v) is 9.14. The minimum Gasteiger partial charge on any atom is -0.423 e. The molecule has 2 heterocycles. The number of rotatable bonds is 2. The molecule has 0 aromatic heterocycles. The predicted octanol–water partition coefficient (Wildman–Crippen LogP) is 5.06. The lowest BCUT2D eigenvalue weighted by molar-refractivity contribution is -0.275. The molecule has 162 valence electrons. The van der Waals surface area contributed by atoms with Crippen molar-refractivity contribution in [2.24, 2.45) is 5.16 Å². The lowest BCUT2D eigenvalue weighted by atomic mass is 9.76. The highest BCUT2D eigenvalue weighted by Crippen LogP contribution is 2.50. The third-order valence-corrected chi connectivity index (χ3v) is 6.84. The zero-order valence-electron chi connectivity index (χ0n) is 16.2. The van der Waals surface area contributed by atoms with Gasteiger partial charge in [-0.3, -0.25) is 0 Å². The van der Waals surface area contributed by atoms with Crippen LogP contribution in [0, 0.1) is 0 Å². The molecule has 2 aromatic carbocycles. The van der Waals surface area contributed by atoms with Crippen molar-refractivity contribution >= 4 is 41.5 Å². The van der Waals surface area contributed by atoms with Crippen LogP contribution in [0.2, 0.25) is 10.0 Å². The third kappa shape index (κ3) is 3.27. The van der Waals surface area contributed by atoms with Crippen molar-refractivity contribution in [2.75, 3.05) is 0 Å². The first-order valence-corrected chi connectivity index (χ1v) is 10.7. The first kappa shape index (κ1) is 21.1. The molecule has 1 fully saturated rings. The molecule has 1 unspecified atom stereocenters. The van der Waals surface area contributed by atoms with Crippen LogP contribution >= 0.6 is 23.2 Å². The second-order valence-electron chi connectivity index (χ2n) is 8.26. The summed E-state index contributed by atoms with van der Waals surface area (Å²) in [5, 5.41) is 14.3. The summed E-state index contributed by atoms with van der Waals surface area (Å²) in [7, 11) is -1.04. The number of benzene rings is 2. The summed E-state index contributed by atoms with van der Waals surface area (Å²) in [6.07, 6.45) is -1.83. The number of halogens is 5. The van der Waals surface area contributed by atoms with E-state index in [1.807, 2.05) is 0 Å². The van der Waals surface area contributed by atoms with E-state index in [1.54, 1.807) is 18.2 Å². The molecule has 1 aliphatic carbocycles. The van der Waals surface area contributed by atoms with Gasteiger partial charge in [-0.2, -0.15) is 13.2 Å². The zero-order valence-corrected chi connectivity index (χ0v) is 17.7. The average molecular weight is 470 g/mol. The monoisotopic (exact) mass is 469 g/mol. The number of nitrogens with zero attached hydrogens (tertiary/aromatic N) is 1. The average Bonchev–Trinajstić information content (AvgIpc) is 3.40. The van der Waals surface area contributed by atoms with Crippen molar-refractivity contribution in [1.29, 1.82) is 0 Å². The summed E-state index contributed by atoms with van der Waals surface area (Å²) >= 11 is 11.9. The molecule has 1 saturated carbocycles. The highest BCUT2D eigenvalue weighted by Gasteiger charge is 2.62. The van der Waals surface area contributed by atoms with Gasteiger partial charge >= 0.3 is 13.3 Å². The molecule has 2 aliphatic heterocycles. The van der Waals surface area contributed by atoms with Gasteiger partial charge in [0.1, 0.15) is 0 Å². The van der Waals surface area contributed by atoms with Crippen LogP contribution in [0.1, 0.15) is 48.8 Å². The third-order valence-electron chi connectivity index (χ3n) is 6.41. The Morgan fingerprint density at radius 2 is 1.71 bits per heavy atom. The van der Waals surface area contributed by atoms with Gasteiger partial charge in [0.05, 0.1) is 11.3 Å². The van der Waals surface area contributed by atoms with E-state index < -0.39 is 30.9 Å². The number of hydrogen-bond acceptors (Lipinski definition) is 4. The van der Waals surface area contributed by atoms with E-state index in [0.717, 1.165) is 31.2 Å². The van der Waals surface area contributed by atoms with Crippen molar-refractivity contribution in [1.82, 2.24) is 0 Å². The van der Waals surface area contributed by atoms with Crippen LogP contribution in [0.25, 0.3) is 0 Å². The highest BCUT2D eigenvalue weighted by molar-refractivity contribution is 6.62. The highest BCUT2D eigenvalue weighted by atomic mass is 35.5. The number of hydrogen-bond donors (Lipinski definition) is 1. The fourth-order valence-electron chi connectivity index (χ4n) is 4.87. The summed E-state index contributed by atoms with van der Waals surface area (Å²) in [6, 6.07) is 8.85. The Morgan fingerprint density at radius 1 is 1.03 bits per heavy atom. The molecule has 4 nitrogen and oxygen atoms in total. The van der Waals surface area contributed by atoms with E-state index in [-0.39, 0.29) is 21.3 Å². The van der Waals surface area contributed by atoms with Gasteiger partial charge in [0.2, 0.25) is 0 Å². The van der Waals surface area contributed by atoms with Gasteiger partial charge in [0.25, 0.3) is 5.60 Å². The molecule has 31 heavy (non-hydrogen) atoms. The Kier molecular flexibility index (Phi) is 4.86. The van der Waals surface area contributed by atoms with Crippen molar-refractivity contribution in [3.05, 3.63) is 63.1 Å². The lowest BCUT2D eigenvalue weighted by Crippen LogP contribution is -2.42.